The summed E-state index contributed by atoms with van der Waals surface area (Å²) in [6.45, 7) is 1.07. The standard InChI is InChI=1S/C15H15NO2S/c17-15(16-9-13-5-3-7-19-13)12-8-11-4-1-2-6-14(11)18-10-12/h1-7,12H,8-10H2,(H,16,17)/t12-/m1/s1. The maximum atomic E-state index is 12.1. The summed E-state index contributed by atoms with van der Waals surface area (Å²) in [4.78, 5) is 13.3. The van der Waals surface area contributed by atoms with Gasteiger partial charge in [-0.1, -0.05) is 24.3 Å². The van der Waals surface area contributed by atoms with Crippen LogP contribution in [0.25, 0.3) is 0 Å². The zero-order valence-electron chi connectivity index (χ0n) is 10.5. The van der Waals surface area contributed by atoms with E-state index in [1.807, 2.05) is 41.8 Å². The molecule has 1 N–H and O–H groups in total. The molecule has 2 aromatic rings. The van der Waals surface area contributed by atoms with Gasteiger partial charge in [0, 0.05) is 4.88 Å². The first kappa shape index (κ1) is 12.2. The van der Waals surface area contributed by atoms with Crippen molar-refractivity contribution in [2.75, 3.05) is 6.61 Å². The minimum Gasteiger partial charge on any atom is -0.492 e. The van der Waals surface area contributed by atoms with Gasteiger partial charge >= 0.3 is 0 Å². The lowest BCUT2D eigenvalue weighted by atomic mass is 9.96. The van der Waals surface area contributed by atoms with Crippen molar-refractivity contribution in [2.24, 2.45) is 5.92 Å². The summed E-state index contributed by atoms with van der Waals surface area (Å²) in [5.41, 5.74) is 1.12. The van der Waals surface area contributed by atoms with Crippen LogP contribution in [0.1, 0.15) is 10.4 Å². The molecular weight excluding hydrogens is 258 g/mol. The van der Waals surface area contributed by atoms with Gasteiger partial charge in [0.1, 0.15) is 12.4 Å². The smallest absolute Gasteiger partial charge is 0.227 e. The Hall–Kier alpha value is -1.81. The van der Waals surface area contributed by atoms with Crippen molar-refractivity contribution in [2.45, 2.75) is 13.0 Å². The molecule has 0 spiro atoms. The fraction of sp³-hybridized carbons (Fsp3) is 0.267. The Balaban J connectivity index is 1.60. The highest BCUT2D eigenvalue weighted by atomic mass is 32.1. The molecule has 1 aliphatic rings. The van der Waals surface area contributed by atoms with Gasteiger partial charge in [-0.3, -0.25) is 4.79 Å². The lowest BCUT2D eigenvalue weighted by Gasteiger charge is -2.24. The Bertz CT molecular complexity index is 565. The van der Waals surface area contributed by atoms with E-state index in [0.29, 0.717) is 13.2 Å². The number of carbonyl (C=O) groups is 1. The van der Waals surface area contributed by atoms with Crippen LogP contribution in [0.5, 0.6) is 5.75 Å². The van der Waals surface area contributed by atoms with Gasteiger partial charge in [0.05, 0.1) is 12.5 Å². The highest BCUT2D eigenvalue weighted by Gasteiger charge is 2.25. The summed E-state index contributed by atoms with van der Waals surface area (Å²) in [5, 5.41) is 4.99. The number of hydrogen-bond acceptors (Lipinski definition) is 3. The minimum absolute atomic E-state index is 0.0721. The van der Waals surface area contributed by atoms with Crippen LogP contribution in [0.3, 0.4) is 0 Å². The molecule has 1 amide bonds. The van der Waals surface area contributed by atoms with E-state index in [1.165, 1.54) is 4.88 Å². The predicted molar refractivity (Wildman–Crippen MR) is 75.3 cm³/mol. The second-order valence-corrected chi connectivity index (χ2v) is 5.65. The van der Waals surface area contributed by atoms with E-state index in [9.17, 15) is 4.79 Å². The lowest BCUT2D eigenvalue weighted by Crippen LogP contribution is -2.36. The third kappa shape index (κ3) is 2.79. The zero-order chi connectivity index (χ0) is 13.1. The van der Waals surface area contributed by atoms with Crippen LogP contribution in [0, 0.1) is 5.92 Å². The number of amides is 1. The number of carbonyl (C=O) groups excluding carboxylic acids is 1. The van der Waals surface area contributed by atoms with Gasteiger partial charge in [0.25, 0.3) is 0 Å². The Labute approximate surface area is 116 Å². The number of rotatable bonds is 3. The minimum atomic E-state index is -0.0881. The van der Waals surface area contributed by atoms with Gasteiger partial charge in [-0.2, -0.15) is 0 Å². The fourth-order valence-electron chi connectivity index (χ4n) is 2.23. The van der Waals surface area contributed by atoms with Crippen LogP contribution in [-0.4, -0.2) is 12.5 Å². The Morgan fingerprint density at radius 1 is 1.32 bits per heavy atom. The molecule has 0 saturated heterocycles. The summed E-state index contributed by atoms with van der Waals surface area (Å²) >= 11 is 1.65. The van der Waals surface area contributed by atoms with Crippen molar-refractivity contribution in [3.63, 3.8) is 0 Å². The third-order valence-electron chi connectivity index (χ3n) is 3.27. The van der Waals surface area contributed by atoms with Gasteiger partial charge in [0.15, 0.2) is 0 Å². The molecule has 4 heteroatoms. The Morgan fingerprint density at radius 3 is 3.05 bits per heavy atom. The molecular formula is C15H15NO2S. The van der Waals surface area contributed by atoms with Crippen molar-refractivity contribution in [3.05, 3.63) is 52.2 Å². The van der Waals surface area contributed by atoms with Crippen molar-refractivity contribution < 1.29 is 9.53 Å². The summed E-state index contributed by atoms with van der Waals surface area (Å²) in [6, 6.07) is 11.9. The average Bonchev–Trinajstić information content (AvgIpc) is 2.97. The number of thiophene rings is 1. The molecule has 0 unspecified atom stereocenters. The molecule has 0 saturated carbocycles. The molecule has 0 fully saturated rings. The number of para-hydroxylation sites is 1. The Kier molecular flexibility index (Phi) is 3.51. The molecule has 19 heavy (non-hydrogen) atoms. The number of benzene rings is 1. The number of nitrogens with one attached hydrogen (secondary N) is 1. The molecule has 0 bridgehead atoms. The molecule has 98 valence electrons. The number of hydrogen-bond donors (Lipinski definition) is 1. The highest BCUT2D eigenvalue weighted by Crippen LogP contribution is 2.26. The van der Waals surface area contributed by atoms with E-state index < -0.39 is 0 Å². The van der Waals surface area contributed by atoms with Gasteiger partial charge in [-0.15, -0.1) is 11.3 Å². The predicted octanol–water partition coefficient (Wildman–Crippen LogP) is 2.62. The van der Waals surface area contributed by atoms with E-state index in [1.54, 1.807) is 11.3 Å². The quantitative estimate of drug-likeness (QED) is 0.933. The van der Waals surface area contributed by atoms with Crippen LogP contribution >= 0.6 is 11.3 Å². The summed E-state index contributed by atoms with van der Waals surface area (Å²) < 4.78 is 5.64. The first-order chi connectivity index (χ1) is 9.33. The van der Waals surface area contributed by atoms with Gasteiger partial charge in [-0.05, 0) is 29.5 Å². The molecule has 3 nitrogen and oxygen atoms in total. The van der Waals surface area contributed by atoms with E-state index in [2.05, 4.69) is 5.32 Å². The third-order valence-corrected chi connectivity index (χ3v) is 4.14. The van der Waals surface area contributed by atoms with Crippen molar-refractivity contribution in [1.82, 2.24) is 5.32 Å². The topological polar surface area (TPSA) is 38.3 Å². The number of fused-ring (bicyclic) bond motifs is 1. The molecule has 3 rings (SSSR count). The molecule has 2 heterocycles. The maximum Gasteiger partial charge on any atom is 0.227 e. The van der Waals surface area contributed by atoms with Crippen LogP contribution in [0.15, 0.2) is 41.8 Å². The molecule has 1 aromatic heterocycles. The van der Waals surface area contributed by atoms with Gasteiger partial charge < -0.3 is 10.1 Å². The molecule has 1 aliphatic heterocycles. The SMILES string of the molecule is O=C(NCc1cccs1)[C@H]1COc2ccccc2C1. The second-order valence-electron chi connectivity index (χ2n) is 4.62. The van der Waals surface area contributed by atoms with Crippen LogP contribution in [0.2, 0.25) is 0 Å². The molecule has 0 aliphatic carbocycles. The van der Waals surface area contributed by atoms with Crippen LogP contribution in [0.4, 0.5) is 0 Å². The summed E-state index contributed by atoms with van der Waals surface area (Å²) in [5.74, 6) is 0.891. The van der Waals surface area contributed by atoms with Gasteiger partial charge in [-0.25, -0.2) is 0 Å². The summed E-state index contributed by atoms with van der Waals surface area (Å²) in [6.07, 6.45) is 0.756. The highest BCUT2D eigenvalue weighted by molar-refractivity contribution is 7.09. The van der Waals surface area contributed by atoms with Crippen molar-refractivity contribution in [3.8, 4) is 5.75 Å². The lowest BCUT2D eigenvalue weighted by molar-refractivity contribution is -0.126. The summed E-state index contributed by atoms with van der Waals surface area (Å²) in [7, 11) is 0. The maximum absolute atomic E-state index is 12.1. The second kappa shape index (κ2) is 5.45. The Morgan fingerprint density at radius 2 is 2.21 bits per heavy atom. The van der Waals surface area contributed by atoms with E-state index in [4.69, 9.17) is 4.74 Å². The van der Waals surface area contributed by atoms with Crippen molar-refractivity contribution >= 4 is 17.2 Å². The first-order valence-corrected chi connectivity index (χ1v) is 7.21. The van der Waals surface area contributed by atoms with E-state index in [-0.39, 0.29) is 11.8 Å². The zero-order valence-corrected chi connectivity index (χ0v) is 11.3. The average molecular weight is 273 g/mol. The molecule has 1 atom stereocenters. The van der Waals surface area contributed by atoms with Gasteiger partial charge in [0.2, 0.25) is 5.91 Å². The fourth-order valence-corrected chi connectivity index (χ4v) is 2.87. The largest absolute Gasteiger partial charge is 0.492 e. The van der Waals surface area contributed by atoms with E-state index >= 15 is 0 Å². The van der Waals surface area contributed by atoms with Crippen LogP contribution in [-0.2, 0) is 17.8 Å². The van der Waals surface area contributed by atoms with Crippen LogP contribution < -0.4 is 10.1 Å². The van der Waals surface area contributed by atoms with E-state index in [0.717, 1.165) is 17.7 Å². The monoisotopic (exact) mass is 273 g/mol. The molecule has 0 radical (unpaired) electrons. The normalized spacial score (nSPS) is 17.4. The number of ether oxygens (including phenoxy) is 1. The first-order valence-electron chi connectivity index (χ1n) is 6.34. The molecule has 1 aromatic carbocycles. The van der Waals surface area contributed by atoms with Crippen molar-refractivity contribution in [1.29, 1.82) is 0 Å².